The Bertz CT molecular complexity index is 3240. The Balaban J connectivity index is 0.932. The highest BCUT2D eigenvalue weighted by molar-refractivity contribution is 6.07. The first-order valence-corrected chi connectivity index (χ1v) is 20.9. The van der Waals surface area contributed by atoms with E-state index in [1.807, 2.05) is 0 Å². The molecule has 0 saturated heterocycles. The number of nitrogens with zero attached hydrogens (tertiary/aromatic N) is 1. The molecule has 2 aliphatic rings. The van der Waals surface area contributed by atoms with Crippen molar-refractivity contribution in [1.82, 2.24) is 0 Å². The van der Waals surface area contributed by atoms with E-state index in [4.69, 9.17) is 4.42 Å². The van der Waals surface area contributed by atoms with E-state index in [2.05, 4.69) is 231 Å². The summed E-state index contributed by atoms with van der Waals surface area (Å²) < 4.78 is 6.76. The molecule has 10 aromatic rings. The number of rotatable bonds is 6. The largest absolute Gasteiger partial charge is 0.456 e. The van der Waals surface area contributed by atoms with Gasteiger partial charge < -0.3 is 9.32 Å². The summed E-state index contributed by atoms with van der Waals surface area (Å²) in [5.74, 6) is 0. The van der Waals surface area contributed by atoms with Gasteiger partial charge in [0.25, 0.3) is 0 Å². The highest BCUT2D eigenvalue weighted by Gasteiger charge is 2.45. The Morgan fingerprint density at radius 1 is 0.350 bits per heavy atom. The minimum atomic E-state index is -0.415. The molecule has 2 heteroatoms. The molecule has 0 spiro atoms. The van der Waals surface area contributed by atoms with Crippen LogP contribution < -0.4 is 4.90 Å². The number of hydrogen-bond donors (Lipinski definition) is 0. The highest BCUT2D eigenvalue weighted by Crippen LogP contribution is 2.56. The molecule has 60 heavy (non-hydrogen) atoms. The van der Waals surface area contributed by atoms with Crippen molar-refractivity contribution in [3.8, 4) is 33.4 Å². The Morgan fingerprint density at radius 3 is 1.52 bits per heavy atom. The molecule has 1 aromatic heterocycles. The smallest absolute Gasteiger partial charge is 0.137 e. The first-order chi connectivity index (χ1) is 29.5. The van der Waals surface area contributed by atoms with Gasteiger partial charge in [0.2, 0.25) is 0 Å². The van der Waals surface area contributed by atoms with Crippen molar-refractivity contribution < 1.29 is 4.42 Å². The van der Waals surface area contributed by atoms with Gasteiger partial charge in [-0.05, 0) is 115 Å². The summed E-state index contributed by atoms with van der Waals surface area (Å²) in [6, 6.07) is 77.7. The molecule has 284 valence electrons. The summed E-state index contributed by atoms with van der Waals surface area (Å²) in [5, 5.41) is 2.22. The maximum atomic E-state index is 6.76. The summed E-state index contributed by atoms with van der Waals surface area (Å²) in [5.41, 5.74) is 20.0. The van der Waals surface area contributed by atoms with Crippen LogP contribution in [0.3, 0.4) is 0 Å². The number of fused-ring (bicyclic) bond motifs is 9. The number of anilines is 3. The fourth-order valence-electron chi connectivity index (χ4n) is 10.6. The third kappa shape index (κ3) is 4.94. The summed E-state index contributed by atoms with van der Waals surface area (Å²) in [6.07, 6.45) is 0. The molecule has 9 aromatic carbocycles. The van der Waals surface area contributed by atoms with Crippen molar-refractivity contribution in [2.45, 2.75) is 24.7 Å². The minimum Gasteiger partial charge on any atom is -0.456 e. The van der Waals surface area contributed by atoms with E-state index in [-0.39, 0.29) is 5.41 Å². The molecule has 0 unspecified atom stereocenters. The number of para-hydroxylation sites is 1. The van der Waals surface area contributed by atoms with Crippen molar-refractivity contribution in [1.29, 1.82) is 0 Å². The van der Waals surface area contributed by atoms with E-state index in [1.54, 1.807) is 0 Å². The maximum Gasteiger partial charge on any atom is 0.137 e. The van der Waals surface area contributed by atoms with E-state index < -0.39 is 5.41 Å². The van der Waals surface area contributed by atoms with Crippen molar-refractivity contribution in [2.75, 3.05) is 4.90 Å². The van der Waals surface area contributed by atoms with Gasteiger partial charge in [-0.2, -0.15) is 0 Å². The van der Waals surface area contributed by atoms with Gasteiger partial charge in [0.15, 0.2) is 0 Å². The van der Waals surface area contributed by atoms with Gasteiger partial charge in [-0.3, -0.25) is 0 Å². The van der Waals surface area contributed by atoms with Crippen LogP contribution in [0.25, 0.3) is 55.3 Å². The summed E-state index contributed by atoms with van der Waals surface area (Å²) >= 11 is 0. The highest BCUT2D eigenvalue weighted by atomic mass is 16.3. The Hall–Kier alpha value is -7.42. The van der Waals surface area contributed by atoms with Crippen LogP contribution in [-0.4, -0.2) is 0 Å². The van der Waals surface area contributed by atoms with Gasteiger partial charge in [-0.1, -0.05) is 172 Å². The predicted octanol–water partition coefficient (Wildman–Crippen LogP) is 15.4. The summed E-state index contributed by atoms with van der Waals surface area (Å²) in [4.78, 5) is 2.35. The normalized spacial score (nSPS) is 14.1. The minimum absolute atomic E-state index is 0.0956. The standard InChI is InChI=1S/C58H41NO/c1-57(2)51-22-12-9-19-45(51)48-33-30-43(36-54(48)57)59(42-17-7-4-8-18-42)44-31-34-50-49-32-27-39(35-55(49)60-56(50)37-44)38-25-28-41(29-26-38)58(40-15-5-3-6-16-40)52-23-13-10-20-46(52)47-21-11-14-24-53(47)58/h3-37H,1-2H3. The van der Waals surface area contributed by atoms with Crippen LogP contribution in [-0.2, 0) is 10.8 Å². The molecule has 0 atom stereocenters. The Labute approximate surface area is 350 Å². The van der Waals surface area contributed by atoms with Gasteiger partial charge >= 0.3 is 0 Å². The lowest BCUT2D eigenvalue weighted by molar-refractivity contribution is 0.660. The van der Waals surface area contributed by atoms with Gasteiger partial charge in [-0.25, -0.2) is 0 Å². The molecule has 0 saturated carbocycles. The van der Waals surface area contributed by atoms with Crippen LogP contribution >= 0.6 is 0 Å². The monoisotopic (exact) mass is 767 g/mol. The molecule has 0 fully saturated rings. The maximum absolute atomic E-state index is 6.76. The second-order valence-corrected chi connectivity index (χ2v) is 16.8. The van der Waals surface area contributed by atoms with E-state index in [9.17, 15) is 0 Å². The topological polar surface area (TPSA) is 16.4 Å². The summed E-state index contributed by atoms with van der Waals surface area (Å²) in [6.45, 7) is 4.68. The molecule has 0 N–H and O–H groups in total. The van der Waals surface area contributed by atoms with E-state index in [0.29, 0.717) is 0 Å². The van der Waals surface area contributed by atoms with Crippen molar-refractivity contribution in [3.63, 3.8) is 0 Å². The quantitative estimate of drug-likeness (QED) is 0.168. The number of furan rings is 1. The van der Waals surface area contributed by atoms with E-state index in [0.717, 1.165) is 50.1 Å². The lowest BCUT2D eigenvalue weighted by atomic mass is 9.67. The predicted molar refractivity (Wildman–Crippen MR) is 249 cm³/mol. The second-order valence-electron chi connectivity index (χ2n) is 16.8. The van der Waals surface area contributed by atoms with E-state index in [1.165, 1.54) is 55.6 Å². The first kappa shape index (κ1) is 34.6. The summed E-state index contributed by atoms with van der Waals surface area (Å²) in [7, 11) is 0. The average molecular weight is 768 g/mol. The molecule has 0 aliphatic heterocycles. The van der Waals surface area contributed by atoms with Crippen molar-refractivity contribution >= 4 is 39.0 Å². The van der Waals surface area contributed by atoms with Crippen LogP contribution in [0.5, 0.6) is 0 Å². The van der Waals surface area contributed by atoms with Gasteiger partial charge in [0, 0.05) is 39.3 Å². The Kier molecular flexibility index (Phi) is 7.52. The molecular formula is C58H41NO. The van der Waals surface area contributed by atoms with Crippen molar-refractivity contribution in [2.24, 2.45) is 0 Å². The average Bonchev–Trinajstić information content (AvgIpc) is 3.90. The van der Waals surface area contributed by atoms with Crippen LogP contribution in [0.1, 0.15) is 47.2 Å². The molecule has 2 nitrogen and oxygen atoms in total. The third-order valence-corrected chi connectivity index (χ3v) is 13.4. The third-order valence-electron chi connectivity index (χ3n) is 13.4. The van der Waals surface area contributed by atoms with Crippen LogP contribution in [0.2, 0.25) is 0 Å². The molecule has 0 bridgehead atoms. The molecular weight excluding hydrogens is 727 g/mol. The second kappa shape index (κ2) is 13.0. The Morgan fingerprint density at radius 2 is 0.833 bits per heavy atom. The zero-order chi connectivity index (χ0) is 40.0. The molecule has 0 radical (unpaired) electrons. The van der Waals surface area contributed by atoms with Crippen LogP contribution in [0.15, 0.2) is 217 Å². The molecule has 12 rings (SSSR count). The number of benzene rings is 9. The zero-order valence-electron chi connectivity index (χ0n) is 33.6. The zero-order valence-corrected chi connectivity index (χ0v) is 33.6. The molecule has 0 amide bonds. The van der Waals surface area contributed by atoms with Gasteiger partial charge in [0.05, 0.1) is 5.41 Å². The fourth-order valence-corrected chi connectivity index (χ4v) is 10.6. The number of hydrogen-bond acceptors (Lipinski definition) is 2. The van der Waals surface area contributed by atoms with Crippen LogP contribution in [0.4, 0.5) is 17.1 Å². The molecule has 2 aliphatic carbocycles. The SMILES string of the molecule is CC1(C)c2ccccc2-c2ccc(N(c3ccccc3)c3ccc4c(c3)oc3cc(-c5ccc(C6(c7ccccc7)c7ccccc7-c7ccccc76)cc5)ccc34)cc21. The van der Waals surface area contributed by atoms with Crippen molar-refractivity contribution in [3.05, 3.63) is 246 Å². The van der Waals surface area contributed by atoms with Gasteiger partial charge in [0.1, 0.15) is 11.2 Å². The fraction of sp³-hybridized carbons (Fsp3) is 0.0690. The lowest BCUT2D eigenvalue weighted by Gasteiger charge is -2.34. The lowest BCUT2D eigenvalue weighted by Crippen LogP contribution is -2.28. The van der Waals surface area contributed by atoms with Crippen LogP contribution in [0, 0.1) is 0 Å². The molecule has 1 heterocycles. The van der Waals surface area contributed by atoms with Gasteiger partial charge in [-0.15, -0.1) is 0 Å². The van der Waals surface area contributed by atoms with E-state index >= 15 is 0 Å². The first-order valence-electron chi connectivity index (χ1n) is 20.9.